The smallest absolute Gasteiger partial charge is 0.257 e. The molecule has 1 atom stereocenters. The molecule has 4 heterocycles. The van der Waals surface area contributed by atoms with E-state index in [0.29, 0.717) is 58.0 Å². The molecule has 0 unspecified atom stereocenters. The van der Waals surface area contributed by atoms with E-state index in [9.17, 15) is 18.4 Å². The molecule has 4 aliphatic rings. The second-order valence-electron chi connectivity index (χ2n) is 10.5. The molecule has 2 bridgehead atoms. The highest BCUT2D eigenvalue weighted by atomic mass is 19.3. The number of carbonyl (C=O) groups excluding carboxylic acids is 2. The van der Waals surface area contributed by atoms with Crippen LogP contribution in [-0.4, -0.2) is 90.6 Å². The van der Waals surface area contributed by atoms with Gasteiger partial charge in [-0.2, -0.15) is 0 Å². The van der Waals surface area contributed by atoms with Crippen LogP contribution >= 0.6 is 0 Å². The van der Waals surface area contributed by atoms with Crippen LogP contribution in [0.1, 0.15) is 68.6 Å². The lowest BCUT2D eigenvalue weighted by atomic mass is 9.89. The Kier molecular flexibility index (Phi) is 9.70. The van der Waals surface area contributed by atoms with E-state index in [2.05, 4.69) is 15.2 Å². The molecule has 1 saturated heterocycles. The summed E-state index contributed by atoms with van der Waals surface area (Å²) < 4.78 is 39.2. The number of piperidine rings is 1. The first-order chi connectivity index (χ1) is 17.9. The van der Waals surface area contributed by atoms with Crippen molar-refractivity contribution in [3.8, 4) is 5.88 Å². The molecule has 206 valence electrons. The van der Waals surface area contributed by atoms with Crippen molar-refractivity contribution in [2.45, 2.75) is 76.3 Å². The number of hydrogen-bond acceptors (Lipinski definition) is 6. The van der Waals surface area contributed by atoms with E-state index in [1.54, 1.807) is 18.3 Å². The van der Waals surface area contributed by atoms with Gasteiger partial charge >= 0.3 is 0 Å². The molecule has 8 nitrogen and oxygen atoms in total. The van der Waals surface area contributed by atoms with Crippen LogP contribution < -0.4 is 10.1 Å². The van der Waals surface area contributed by atoms with E-state index < -0.39 is 12.0 Å². The number of rotatable bonds is 3. The Morgan fingerprint density at radius 1 is 1.08 bits per heavy atom. The first kappa shape index (κ1) is 27.7. The Bertz CT molecular complexity index is 900. The molecule has 1 N–H and O–H groups in total. The first-order valence-corrected chi connectivity index (χ1v) is 13.7. The normalized spacial score (nSPS) is 25.6. The fourth-order valence-electron chi connectivity index (χ4n) is 5.64. The topological polar surface area (TPSA) is 84.0 Å². The molecule has 5 rings (SSSR count). The Morgan fingerprint density at radius 3 is 2.57 bits per heavy atom. The largest absolute Gasteiger partial charge is 0.475 e. The van der Waals surface area contributed by atoms with Crippen LogP contribution in [0.5, 0.6) is 5.88 Å². The van der Waals surface area contributed by atoms with Gasteiger partial charge in [0.15, 0.2) is 0 Å². The van der Waals surface area contributed by atoms with Gasteiger partial charge in [0.05, 0.1) is 13.2 Å². The number of amides is 2. The zero-order valence-corrected chi connectivity index (χ0v) is 21.8. The van der Waals surface area contributed by atoms with Gasteiger partial charge in [0.25, 0.3) is 5.91 Å². The summed E-state index contributed by atoms with van der Waals surface area (Å²) in [5.41, 5.74) is 0.288. The molecule has 10 heteroatoms. The highest BCUT2D eigenvalue weighted by Crippen LogP contribution is 2.35. The zero-order valence-electron chi connectivity index (χ0n) is 21.8. The van der Waals surface area contributed by atoms with Crippen LogP contribution in [0.15, 0.2) is 18.3 Å². The van der Waals surface area contributed by atoms with Crippen LogP contribution in [0, 0.1) is 5.92 Å². The quantitative estimate of drug-likeness (QED) is 0.612. The van der Waals surface area contributed by atoms with Crippen molar-refractivity contribution >= 4 is 11.8 Å². The fraction of sp³-hybridized carbons (Fsp3) is 0.741. The van der Waals surface area contributed by atoms with Crippen LogP contribution in [0.25, 0.3) is 0 Å². The summed E-state index contributed by atoms with van der Waals surface area (Å²) in [6.45, 7) is 5.77. The van der Waals surface area contributed by atoms with Crippen molar-refractivity contribution in [2.24, 2.45) is 5.92 Å². The van der Waals surface area contributed by atoms with E-state index in [1.807, 2.05) is 11.8 Å². The number of alkyl halides is 2. The fourth-order valence-corrected chi connectivity index (χ4v) is 5.64. The van der Waals surface area contributed by atoms with Gasteiger partial charge in [0.1, 0.15) is 18.2 Å². The lowest BCUT2D eigenvalue weighted by Gasteiger charge is -2.41. The third-order valence-electron chi connectivity index (χ3n) is 7.81. The van der Waals surface area contributed by atoms with Crippen molar-refractivity contribution in [3.05, 3.63) is 23.9 Å². The number of halogens is 2. The van der Waals surface area contributed by atoms with Crippen LogP contribution in [0.3, 0.4) is 0 Å². The minimum atomic E-state index is -2.55. The SMILES string of the molecule is CCC[C@H]1NC(=O)c2cccnc2OCCOCCN(C2CCC(F)(F)CC2)CC2CCN(CC2)C1=O. The number of fused-ring (bicyclic) bond motifs is 12. The number of carbonyl (C=O) groups is 2. The summed E-state index contributed by atoms with van der Waals surface area (Å²) in [5.74, 6) is -2.38. The van der Waals surface area contributed by atoms with E-state index in [0.717, 1.165) is 25.8 Å². The minimum Gasteiger partial charge on any atom is -0.475 e. The van der Waals surface area contributed by atoms with Crippen molar-refractivity contribution in [2.75, 3.05) is 46.0 Å². The molecule has 2 amide bonds. The highest BCUT2D eigenvalue weighted by molar-refractivity contribution is 5.99. The first-order valence-electron chi connectivity index (χ1n) is 13.7. The predicted octanol–water partition coefficient (Wildman–Crippen LogP) is 3.51. The second-order valence-corrected chi connectivity index (χ2v) is 10.5. The predicted molar refractivity (Wildman–Crippen MR) is 135 cm³/mol. The number of ether oxygens (including phenoxy) is 2. The lowest BCUT2D eigenvalue weighted by Crippen LogP contribution is -2.52. The molecule has 1 aromatic rings. The lowest BCUT2D eigenvalue weighted by molar-refractivity contribution is -0.135. The highest BCUT2D eigenvalue weighted by Gasteiger charge is 2.38. The van der Waals surface area contributed by atoms with E-state index in [4.69, 9.17) is 9.47 Å². The number of hydrogen-bond donors (Lipinski definition) is 1. The van der Waals surface area contributed by atoms with E-state index in [1.165, 1.54) is 0 Å². The number of nitrogens with zero attached hydrogens (tertiary/aromatic N) is 3. The van der Waals surface area contributed by atoms with Gasteiger partial charge in [-0.25, -0.2) is 13.8 Å². The molecule has 2 fully saturated rings. The van der Waals surface area contributed by atoms with Crippen molar-refractivity contribution in [1.82, 2.24) is 20.1 Å². The van der Waals surface area contributed by atoms with E-state index >= 15 is 0 Å². The van der Waals surface area contributed by atoms with Gasteiger partial charge in [-0.05, 0) is 50.2 Å². The van der Waals surface area contributed by atoms with Crippen LogP contribution in [0.4, 0.5) is 8.78 Å². The van der Waals surface area contributed by atoms with Crippen molar-refractivity contribution in [3.63, 3.8) is 0 Å². The average Bonchev–Trinajstić information content (AvgIpc) is 2.89. The Labute approximate surface area is 218 Å². The van der Waals surface area contributed by atoms with Crippen LogP contribution in [0.2, 0.25) is 0 Å². The second kappa shape index (κ2) is 13.0. The summed E-state index contributed by atoms with van der Waals surface area (Å²) in [7, 11) is 0. The number of nitrogens with one attached hydrogen (secondary N) is 1. The molecule has 0 spiro atoms. The van der Waals surface area contributed by atoms with Gasteiger partial charge in [-0.1, -0.05) is 13.3 Å². The average molecular weight is 523 g/mol. The molecule has 1 saturated carbocycles. The third kappa shape index (κ3) is 7.60. The van der Waals surface area contributed by atoms with Gasteiger partial charge in [-0.15, -0.1) is 0 Å². The number of pyridine rings is 1. The van der Waals surface area contributed by atoms with Gasteiger partial charge in [0, 0.05) is 51.3 Å². The Morgan fingerprint density at radius 2 is 1.84 bits per heavy atom. The molecule has 0 aromatic carbocycles. The molecule has 1 aliphatic carbocycles. The minimum absolute atomic E-state index is 0.0547. The summed E-state index contributed by atoms with van der Waals surface area (Å²) in [6, 6.07) is 2.83. The van der Waals surface area contributed by atoms with Gasteiger partial charge in [0.2, 0.25) is 17.7 Å². The maximum absolute atomic E-state index is 13.8. The number of aromatic nitrogens is 1. The third-order valence-corrected chi connectivity index (χ3v) is 7.81. The van der Waals surface area contributed by atoms with E-state index in [-0.39, 0.29) is 48.7 Å². The van der Waals surface area contributed by atoms with Gasteiger partial charge in [-0.3, -0.25) is 14.5 Å². The Balaban J connectivity index is 1.48. The molecular weight excluding hydrogens is 482 g/mol. The molecular formula is C27H40F2N4O4. The maximum Gasteiger partial charge on any atom is 0.257 e. The van der Waals surface area contributed by atoms with Gasteiger partial charge < -0.3 is 19.7 Å². The summed E-state index contributed by atoms with van der Waals surface area (Å²) >= 11 is 0. The Hall–Kier alpha value is -2.33. The monoisotopic (exact) mass is 522 g/mol. The molecule has 0 radical (unpaired) electrons. The maximum atomic E-state index is 13.8. The van der Waals surface area contributed by atoms with Crippen molar-refractivity contribution < 1.29 is 27.8 Å². The summed E-state index contributed by atoms with van der Waals surface area (Å²) in [4.78, 5) is 34.9. The molecule has 3 aliphatic heterocycles. The molecule has 37 heavy (non-hydrogen) atoms. The van der Waals surface area contributed by atoms with Crippen molar-refractivity contribution in [1.29, 1.82) is 0 Å². The standard InChI is InChI=1S/C27H40F2N4O4/c1-2-4-23-26(35)32-13-8-20(9-14-32)19-33(21-6-10-27(28,29)11-7-21)15-16-36-17-18-37-25-22(24(34)31-23)5-3-12-30-25/h3,5,12,20-21,23H,2,4,6-11,13-19H2,1H3,(H,31,34)/t23-/m1/s1. The zero-order chi connectivity index (χ0) is 26.3. The summed E-state index contributed by atoms with van der Waals surface area (Å²) in [6.07, 6.45) is 5.45. The summed E-state index contributed by atoms with van der Waals surface area (Å²) in [5, 5.41) is 2.92. The molecule has 1 aromatic heterocycles. The van der Waals surface area contributed by atoms with Crippen LogP contribution in [-0.2, 0) is 9.53 Å².